The van der Waals surface area contributed by atoms with Gasteiger partial charge in [0.1, 0.15) is 5.75 Å². The summed E-state index contributed by atoms with van der Waals surface area (Å²) >= 11 is 0. The SMILES string of the molecule is [CH2]CCCCOc1cccc(NC(=O)CCCCC)c1. The van der Waals surface area contributed by atoms with E-state index in [-0.39, 0.29) is 5.91 Å². The number of hydrogen-bond donors (Lipinski definition) is 1. The molecule has 1 radical (unpaired) electrons. The number of benzene rings is 1. The molecule has 1 aromatic carbocycles. The smallest absolute Gasteiger partial charge is 0.224 e. The molecule has 0 aliphatic carbocycles. The van der Waals surface area contributed by atoms with Crippen LogP contribution in [0.25, 0.3) is 0 Å². The molecular formula is C17H26NO2. The third-order valence-corrected chi connectivity index (χ3v) is 3.04. The minimum Gasteiger partial charge on any atom is -0.494 e. The first kappa shape index (κ1) is 16.5. The Hall–Kier alpha value is -1.51. The quantitative estimate of drug-likeness (QED) is 0.635. The molecule has 3 nitrogen and oxygen atoms in total. The topological polar surface area (TPSA) is 38.3 Å². The number of rotatable bonds is 10. The van der Waals surface area contributed by atoms with Gasteiger partial charge in [0.25, 0.3) is 0 Å². The van der Waals surface area contributed by atoms with E-state index < -0.39 is 0 Å². The fraction of sp³-hybridized carbons (Fsp3) is 0.529. The van der Waals surface area contributed by atoms with E-state index in [0.29, 0.717) is 13.0 Å². The van der Waals surface area contributed by atoms with Gasteiger partial charge < -0.3 is 10.1 Å². The Morgan fingerprint density at radius 2 is 2.10 bits per heavy atom. The Morgan fingerprint density at radius 3 is 2.85 bits per heavy atom. The molecule has 1 amide bonds. The first-order chi connectivity index (χ1) is 9.76. The molecule has 20 heavy (non-hydrogen) atoms. The van der Waals surface area contributed by atoms with Crippen molar-refractivity contribution in [2.45, 2.75) is 51.9 Å². The lowest BCUT2D eigenvalue weighted by molar-refractivity contribution is -0.116. The Balaban J connectivity index is 2.36. The predicted molar refractivity (Wildman–Crippen MR) is 83.9 cm³/mol. The molecule has 0 aliphatic rings. The van der Waals surface area contributed by atoms with E-state index in [0.717, 1.165) is 50.0 Å². The van der Waals surface area contributed by atoms with Crippen LogP contribution < -0.4 is 10.1 Å². The highest BCUT2D eigenvalue weighted by Gasteiger charge is 2.03. The summed E-state index contributed by atoms with van der Waals surface area (Å²) in [6.45, 7) is 6.63. The zero-order valence-electron chi connectivity index (χ0n) is 12.5. The molecule has 1 rings (SSSR count). The van der Waals surface area contributed by atoms with Gasteiger partial charge in [-0.1, -0.05) is 45.6 Å². The maximum Gasteiger partial charge on any atom is 0.224 e. The van der Waals surface area contributed by atoms with Crippen LogP contribution in [-0.4, -0.2) is 12.5 Å². The number of unbranched alkanes of at least 4 members (excludes halogenated alkanes) is 4. The van der Waals surface area contributed by atoms with Crippen LogP contribution >= 0.6 is 0 Å². The first-order valence-electron chi connectivity index (χ1n) is 7.58. The third kappa shape index (κ3) is 7.17. The highest BCUT2D eigenvalue weighted by molar-refractivity contribution is 5.90. The lowest BCUT2D eigenvalue weighted by Gasteiger charge is -2.09. The molecule has 0 saturated carbocycles. The highest BCUT2D eigenvalue weighted by Crippen LogP contribution is 2.18. The van der Waals surface area contributed by atoms with Crippen LogP contribution in [0.1, 0.15) is 51.9 Å². The van der Waals surface area contributed by atoms with Gasteiger partial charge in [0.15, 0.2) is 0 Å². The summed E-state index contributed by atoms with van der Waals surface area (Å²) in [6.07, 6.45) is 6.79. The molecule has 3 heteroatoms. The van der Waals surface area contributed by atoms with Crippen molar-refractivity contribution in [3.05, 3.63) is 31.2 Å². The van der Waals surface area contributed by atoms with Gasteiger partial charge >= 0.3 is 0 Å². The molecule has 0 atom stereocenters. The lowest BCUT2D eigenvalue weighted by Crippen LogP contribution is -2.11. The number of ether oxygens (including phenoxy) is 1. The fourth-order valence-electron chi connectivity index (χ4n) is 1.89. The second-order valence-corrected chi connectivity index (χ2v) is 4.94. The maximum atomic E-state index is 11.7. The van der Waals surface area contributed by atoms with Crippen molar-refractivity contribution in [1.29, 1.82) is 0 Å². The van der Waals surface area contributed by atoms with Crippen LogP contribution in [0.5, 0.6) is 5.75 Å². The van der Waals surface area contributed by atoms with Crippen molar-refractivity contribution >= 4 is 11.6 Å². The van der Waals surface area contributed by atoms with Crippen molar-refractivity contribution in [2.75, 3.05) is 11.9 Å². The van der Waals surface area contributed by atoms with Gasteiger partial charge in [-0.3, -0.25) is 4.79 Å². The monoisotopic (exact) mass is 276 g/mol. The Bertz CT molecular complexity index is 390. The molecule has 0 fully saturated rings. The minimum absolute atomic E-state index is 0.0765. The largest absolute Gasteiger partial charge is 0.494 e. The number of amides is 1. The molecule has 0 aliphatic heterocycles. The van der Waals surface area contributed by atoms with Crippen molar-refractivity contribution in [3.63, 3.8) is 0 Å². The van der Waals surface area contributed by atoms with E-state index in [4.69, 9.17) is 4.74 Å². The van der Waals surface area contributed by atoms with Gasteiger partial charge in [-0.15, -0.1) is 0 Å². The summed E-state index contributed by atoms with van der Waals surface area (Å²) in [6, 6.07) is 7.58. The molecule has 0 bridgehead atoms. The first-order valence-corrected chi connectivity index (χ1v) is 7.58. The van der Waals surface area contributed by atoms with Gasteiger partial charge in [0.2, 0.25) is 5.91 Å². The number of nitrogens with one attached hydrogen (secondary N) is 1. The molecular weight excluding hydrogens is 250 g/mol. The van der Waals surface area contributed by atoms with Crippen LogP contribution in [0.15, 0.2) is 24.3 Å². The van der Waals surface area contributed by atoms with Crippen LogP contribution in [-0.2, 0) is 4.79 Å². The number of hydrogen-bond acceptors (Lipinski definition) is 2. The maximum absolute atomic E-state index is 11.7. The molecule has 0 heterocycles. The van der Waals surface area contributed by atoms with E-state index in [1.807, 2.05) is 24.3 Å². The van der Waals surface area contributed by atoms with Crippen LogP contribution in [0.2, 0.25) is 0 Å². The van der Waals surface area contributed by atoms with E-state index in [1.165, 1.54) is 0 Å². The van der Waals surface area contributed by atoms with Gasteiger partial charge in [0.05, 0.1) is 6.61 Å². The van der Waals surface area contributed by atoms with E-state index >= 15 is 0 Å². The summed E-state index contributed by atoms with van der Waals surface area (Å²) in [7, 11) is 0. The van der Waals surface area contributed by atoms with Crippen LogP contribution in [0, 0.1) is 6.92 Å². The average Bonchev–Trinajstić information content (AvgIpc) is 2.44. The van der Waals surface area contributed by atoms with Gasteiger partial charge in [-0.05, 0) is 25.0 Å². The van der Waals surface area contributed by atoms with E-state index in [1.54, 1.807) is 0 Å². The average molecular weight is 276 g/mol. The number of anilines is 1. The molecule has 0 aromatic heterocycles. The molecule has 0 spiro atoms. The summed E-state index contributed by atoms with van der Waals surface area (Å²) in [4.78, 5) is 11.7. The van der Waals surface area contributed by atoms with Gasteiger partial charge in [0, 0.05) is 18.2 Å². The lowest BCUT2D eigenvalue weighted by atomic mass is 10.2. The molecule has 0 saturated heterocycles. The van der Waals surface area contributed by atoms with Gasteiger partial charge in [-0.2, -0.15) is 0 Å². The van der Waals surface area contributed by atoms with E-state index in [2.05, 4.69) is 19.2 Å². The summed E-state index contributed by atoms with van der Waals surface area (Å²) in [5, 5.41) is 2.91. The fourth-order valence-corrected chi connectivity index (χ4v) is 1.89. The second kappa shape index (κ2) is 10.3. The highest BCUT2D eigenvalue weighted by atomic mass is 16.5. The summed E-state index contributed by atoms with van der Waals surface area (Å²) in [5.41, 5.74) is 0.807. The van der Waals surface area contributed by atoms with Crippen molar-refractivity contribution in [1.82, 2.24) is 0 Å². The Labute approximate surface area is 122 Å². The Kier molecular flexibility index (Phi) is 8.52. The minimum atomic E-state index is 0.0765. The van der Waals surface area contributed by atoms with Crippen molar-refractivity contribution in [3.8, 4) is 5.75 Å². The normalized spacial score (nSPS) is 10.3. The summed E-state index contributed by atoms with van der Waals surface area (Å²) in [5.74, 6) is 0.882. The number of carbonyl (C=O) groups is 1. The molecule has 1 N–H and O–H groups in total. The summed E-state index contributed by atoms with van der Waals surface area (Å²) < 4.78 is 5.65. The third-order valence-electron chi connectivity index (χ3n) is 3.04. The molecule has 1 aromatic rings. The van der Waals surface area contributed by atoms with Crippen molar-refractivity contribution in [2.24, 2.45) is 0 Å². The van der Waals surface area contributed by atoms with Gasteiger partial charge in [-0.25, -0.2) is 0 Å². The zero-order valence-corrected chi connectivity index (χ0v) is 12.5. The van der Waals surface area contributed by atoms with E-state index in [9.17, 15) is 4.79 Å². The number of carbonyl (C=O) groups excluding carboxylic acids is 1. The standard InChI is InChI=1S/C17H26NO2/c1-3-5-7-12-17(19)18-15-10-9-11-16(14-15)20-13-8-6-4-2/h9-11,14H,2-8,12-13H2,1H3,(H,18,19). The van der Waals surface area contributed by atoms with Crippen LogP contribution in [0.3, 0.4) is 0 Å². The molecule has 0 unspecified atom stereocenters. The zero-order chi connectivity index (χ0) is 14.6. The predicted octanol–water partition coefficient (Wildman–Crippen LogP) is 4.59. The Morgan fingerprint density at radius 1 is 1.25 bits per heavy atom. The van der Waals surface area contributed by atoms with Crippen LogP contribution in [0.4, 0.5) is 5.69 Å². The second-order valence-electron chi connectivity index (χ2n) is 4.94. The molecule has 111 valence electrons. The van der Waals surface area contributed by atoms with Crippen molar-refractivity contribution < 1.29 is 9.53 Å².